The smallest absolute Gasteiger partial charge is 0.194 e. The molecular formula is C20H31IN6. The van der Waals surface area contributed by atoms with E-state index in [9.17, 15) is 0 Å². The number of nitrogens with one attached hydrogen (secondary N) is 1. The van der Waals surface area contributed by atoms with Crippen LogP contribution in [-0.2, 0) is 20.1 Å². The summed E-state index contributed by atoms with van der Waals surface area (Å²) in [4.78, 5) is 7.05. The molecule has 1 aliphatic carbocycles. The summed E-state index contributed by atoms with van der Waals surface area (Å²) in [6.07, 6.45) is 5.05. The Balaban J connectivity index is 0.00000261. The van der Waals surface area contributed by atoms with Crippen LogP contribution in [0.1, 0.15) is 48.5 Å². The molecule has 1 N–H and O–H groups in total. The van der Waals surface area contributed by atoms with Crippen molar-refractivity contribution in [2.45, 2.75) is 58.7 Å². The highest BCUT2D eigenvalue weighted by Gasteiger charge is 2.18. The van der Waals surface area contributed by atoms with Crippen LogP contribution < -0.4 is 5.32 Å². The first-order valence-corrected chi connectivity index (χ1v) is 9.45. The fourth-order valence-corrected chi connectivity index (χ4v) is 3.31. The second-order valence-corrected chi connectivity index (χ2v) is 7.33. The van der Waals surface area contributed by atoms with Crippen LogP contribution in [0, 0.1) is 13.8 Å². The fourth-order valence-electron chi connectivity index (χ4n) is 3.31. The SMILES string of the molecule is Cc1ccc(CN(C)C(=NCc2nnc(C)n2C)NC2CCCC2)cc1.I. The zero-order chi connectivity index (χ0) is 18.5. The molecule has 2 aromatic rings. The highest BCUT2D eigenvalue weighted by Crippen LogP contribution is 2.18. The van der Waals surface area contributed by atoms with E-state index in [2.05, 4.69) is 58.7 Å². The Morgan fingerprint density at radius 1 is 1.19 bits per heavy atom. The van der Waals surface area contributed by atoms with Crippen LogP contribution in [0.2, 0.25) is 0 Å². The molecule has 7 heteroatoms. The Morgan fingerprint density at radius 2 is 1.85 bits per heavy atom. The maximum atomic E-state index is 4.85. The van der Waals surface area contributed by atoms with Gasteiger partial charge in [-0.3, -0.25) is 0 Å². The second kappa shape index (κ2) is 10.1. The van der Waals surface area contributed by atoms with Gasteiger partial charge in [0, 0.05) is 26.7 Å². The molecule has 1 fully saturated rings. The molecule has 0 saturated heterocycles. The molecule has 0 atom stereocenters. The topological polar surface area (TPSA) is 58.3 Å². The van der Waals surface area contributed by atoms with Gasteiger partial charge in [-0.25, -0.2) is 4.99 Å². The van der Waals surface area contributed by atoms with Crippen molar-refractivity contribution in [2.24, 2.45) is 12.0 Å². The van der Waals surface area contributed by atoms with Crippen molar-refractivity contribution in [3.05, 3.63) is 47.0 Å². The first-order chi connectivity index (χ1) is 12.5. The summed E-state index contributed by atoms with van der Waals surface area (Å²) in [6, 6.07) is 9.21. The van der Waals surface area contributed by atoms with Crippen LogP contribution in [0.25, 0.3) is 0 Å². The summed E-state index contributed by atoms with van der Waals surface area (Å²) in [5.41, 5.74) is 2.57. The van der Waals surface area contributed by atoms with E-state index in [1.54, 1.807) is 0 Å². The molecule has 0 amide bonds. The van der Waals surface area contributed by atoms with Gasteiger partial charge in [0.2, 0.25) is 0 Å². The second-order valence-electron chi connectivity index (χ2n) is 7.33. The largest absolute Gasteiger partial charge is 0.353 e. The lowest BCUT2D eigenvalue weighted by molar-refractivity contribution is 0.456. The molecule has 3 rings (SSSR count). The molecule has 0 unspecified atom stereocenters. The van der Waals surface area contributed by atoms with Gasteiger partial charge in [-0.2, -0.15) is 0 Å². The fraction of sp³-hybridized carbons (Fsp3) is 0.550. The number of rotatable bonds is 5. The molecule has 1 aromatic carbocycles. The number of aromatic nitrogens is 3. The maximum absolute atomic E-state index is 4.85. The van der Waals surface area contributed by atoms with Crippen LogP contribution in [0.15, 0.2) is 29.3 Å². The average molecular weight is 482 g/mol. The van der Waals surface area contributed by atoms with Crippen LogP contribution >= 0.6 is 24.0 Å². The van der Waals surface area contributed by atoms with E-state index in [-0.39, 0.29) is 24.0 Å². The Bertz CT molecular complexity index is 746. The van der Waals surface area contributed by atoms with Crippen LogP contribution in [-0.4, -0.2) is 38.7 Å². The average Bonchev–Trinajstić information content (AvgIpc) is 3.25. The molecule has 1 aromatic heterocycles. The first kappa shape index (κ1) is 21.7. The van der Waals surface area contributed by atoms with Gasteiger partial charge in [-0.1, -0.05) is 42.7 Å². The lowest BCUT2D eigenvalue weighted by Gasteiger charge is -2.25. The Hall–Kier alpha value is -1.64. The number of benzene rings is 1. The van der Waals surface area contributed by atoms with Crippen molar-refractivity contribution >= 4 is 29.9 Å². The number of hydrogen-bond donors (Lipinski definition) is 1. The highest BCUT2D eigenvalue weighted by atomic mass is 127. The third kappa shape index (κ3) is 5.92. The molecule has 0 aliphatic heterocycles. The highest BCUT2D eigenvalue weighted by molar-refractivity contribution is 14.0. The third-order valence-electron chi connectivity index (χ3n) is 5.14. The molecule has 6 nitrogen and oxygen atoms in total. The predicted molar refractivity (Wildman–Crippen MR) is 120 cm³/mol. The van der Waals surface area contributed by atoms with Gasteiger partial charge >= 0.3 is 0 Å². The van der Waals surface area contributed by atoms with Crippen LogP contribution in [0.5, 0.6) is 0 Å². The van der Waals surface area contributed by atoms with Crippen molar-refractivity contribution < 1.29 is 0 Å². The Labute approximate surface area is 179 Å². The van der Waals surface area contributed by atoms with Gasteiger partial charge in [0.1, 0.15) is 12.4 Å². The molecule has 27 heavy (non-hydrogen) atoms. The number of halogens is 1. The maximum Gasteiger partial charge on any atom is 0.194 e. The molecule has 1 aliphatic rings. The number of aliphatic imine (C=N–C) groups is 1. The predicted octanol–water partition coefficient (Wildman–Crippen LogP) is 3.57. The van der Waals surface area contributed by atoms with E-state index in [0.717, 1.165) is 24.2 Å². The number of nitrogens with zero attached hydrogens (tertiary/aromatic N) is 5. The van der Waals surface area contributed by atoms with Gasteiger partial charge in [0.25, 0.3) is 0 Å². The first-order valence-electron chi connectivity index (χ1n) is 9.45. The Morgan fingerprint density at radius 3 is 2.44 bits per heavy atom. The zero-order valence-corrected chi connectivity index (χ0v) is 19.1. The summed E-state index contributed by atoms with van der Waals surface area (Å²) in [5.74, 6) is 2.74. The standard InChI is InChI=1S/C20H30N6.HI/c1-15-9-11-17(12-10-15)14-25(3)20(22-18-7-5-6-8-18)21-13-19-24-23-16(2)26(19)4;/h9-12,18H,5-8,13-14H2,1-4H3,(H,21,22);1H. The van der Waals surface area contributed by atoms with Crippen LogP contribution in [0.3, 0.4) is 0 Å². The molecule has 148 valence electrons. The lowest BCUT2D eigenvalue weighted by atomic mass is 10.1. The van der Waals surface area contributed by atoms with E-state index >= 15 is 0 Å². The van der Waals surface area contributed by atoms with E-state index in [4.69, 9.17) is 4.99 Å². The molecule has 0 spiro atoms. The van der Waals surface area contributed by atoms with E-state index in [1.165, 1.54) is 36.8 Å². The van der Waals surface area contributed by atoms with E-state index < -0.39 is 0 Å². The van der Waals surface area contributed by atoms with Crippen molar-refractivity contribution in [1.82, 2.24) is 25.0 Å². The van der Waals surface area contributed by atoms with Crippen molar-refractivity contribution in [3.63, 3.8) is 0 Å². The van der Waals surface area contributed by atoms with Gasteiger partial charge in [0.05, 0.1) is 0 Å². The molecular weight excluding hydrogens is 451 g/mol. The zero-order valence-electron chi connectivity index (χ0n) is 16.8. The lowest BCUT2D eigenvalue weighted by Crippen LogP contribution is -2.43. The summed E-state index contributed by atoms with van der Waals surface area (Å²) < 4.78 is 2.00. The summed E-state index contributed by atoms with van der Waals surface area (Å²) >= 11 is 0. The Kier molecular flexibility index (Phi) is 8.07. The minimum atomic E-state index is 0. The number of guanidine groups is 1. The van der Waals surface area contributed by atoms with Crippen LogP contribution in [0.4, 0.5) is 0 Å². The van der Waals surface area contributed by atoms with Crippen molar-refractivity contribution in [1.29, 1.82) is 0 Å². The summed E-state index contributed by atoms with van der Waals surface area (Å²) in [7, 11) is 4.09. The third-order valence-corrected chi connectivity index (χ3v) is 5.14. The van der Waals surface area contributed by atoms with Gasteiger partial charge in [-0.15, -0.1) is 34.2 Å². The molecule has 1 heterocycles. The van der Waals surface area contributed by atoms with E-state index in [0.29, 0.717) is 12.6 Å². The van der Waals surface area contributed by atoms with Gasteiger partial charge in [-0.05, 0) is 32.3 Å². The number of hydrogen-bond acceptors (Lipinski definition) is 3. The normalized spacial score (nSPS) is 14.9. The molecule has 0 bridgehead atoms. The van der Waals surface area contributed by atoms with Gasteiger partial charge < -0.3 is 14.8 Å². The van der Waals surface area contributed by atoms with Gasteiger partial charge in [0.15, 0.2) is 11.8 Å². The summed E-state index contributed by atoms with van der Waals surface area (Å²) in [6.45, 7) is 5.44. The minimum absolute atomic E-state index is 0. The van der Waals surface area contributed by atoms with E-state index in [1.807, 2.05) is 18.5 Å². The molecule has 1 saturated carbocycles. The minimum Gasteiger partial charge on any atom is -0.353 e. The number of aryl methyl sites for hydroxylation is 2. The summed E-state index contributed by atoms with van der Waals surface area (Å²) in [5, 5.41) is 12.0. The quantitative estimate of drug-likeness (QED) is 0.402. The van der Waals surface area contributed by atoms with Crippen molar-refractivity contribution in [2.75, 3.05) is 7.05 Å². The van der Waals surface area contributed by atoms with Crippen molar-refractivity contribution in [3.8, 4) is 0 Å². The molecule has 0 radical (unpaired) electrons. The monoisotopic (exact) mass is 482 g/mol.